The number of amides is 1. The largest absolute Gasteiger partial charge is 0.486 e. The lowest BCUT2D eigenvalue weighted by Gasteiger charge is -2.21. The van der Waals surface area contributed by atoms with Crippen molar-refractivity contribution in [3.05, 3.63) is 60.2 Å². The van der Waals surface area contributed by atoms with Crippen LogP contribution in [0, 0.1) is 0 Å². The summed E-state index contributed by atoms with van der Waals surface area (Å²) in [5.41, 5.74) is 1.92. The van der Waals surface area contributed by atoms with Gasteiger partial charge >= 0.3 is 0 Å². The van der Waals surface area contributed by atoms with Crippen LogP contribution in [0.4, 0.5) is 0 Å². The average Bonchev–Trinajstić information content (AvgIpc) is 2.71. The summed E-state index contributed by atoms with van der Waals surface area (Å²) in [5.74, 6) is 1.77. The molecule has 0 fully saturated rings. The molecule has 2 aromatic carbocycles. The third-order valence-electron chi connectivity index (χ3n) is 4.37. The molecule has 4 rings (SSSR count). The Bertz CT molecular complexity index is 977. The van der Waals surface area contributed by atoms with E-state index < -0.39 is 0 Å². The van der Waals surface area contributed by atoms with E-state index in [1.165, 1.54) is 11.8 Å². The molecular weight excluding hydrogens is 360 g/mol. The van der Waals surface area contributed by atoms with Crippen molar-refractivity contribution in [1.82, 2.24) is 10.3 Å². The van der Waals surface area contributed by atoms with E-state index in [0.717, 1.165) is 33.0 Å². The Morgan fingerprint density at radius 2 is 1.93 bits per heavy atom. The van der Waals surface area contributed by atoms with E-state index in [1.807, 2.05) is 61.5 Å². The van der Waals surface area contributed by atoms with E-state index in [0.29, 0.717) is 19.0 Å². The summed E-state index contributed by atoms with van der Waals surface area (Å²) < 4.78 is 11.1. The Morgan fingerprint density at radius 1 is 1.11 bits per heavy atom. The summed E-state index contributed by atoms with van der Waals surface area (Å²) in [7, 11) is 0. The van der Waals surface area contributed by atoms with Crippen molar-refractivity contribution < 1.29 is 14.3 Å². The second-order valence-electron chi connectivity index (χ2n) is 6.32. The lowest BCUT2D eigenvalue weighted by Crippen LogP contribution is -2.28. The number of carbonyl (C=O) groups excluding carboxylic acids is 1. The average molecular weight is 380 g/mol. The summed E-state index contributed by atoms with van der Waals surface area (Å²) in [5, 5.41) is 4.97. The van der Waals surface area contributed by atoms with Crippen molar-refractivity contribution in [2.45, 2.75) is 18.0 Å². The number of thioether (sulfide) groups is 1. The highest BCUT2D eigenvalue weighted by Crippen LogP contribution is 2.32. The van der Waals surface area contributed by atoms with Crippen LogP contribution in [-0.4, -0.2) is 29.9 Å². The predicted molar refractivity (Wildman–Crippen MR) is 106 cm³/mol. The lowest BCUT2D eigenvalue weighted by atomic mass is 10.1. The van der Waals surface area contributed by atoms with E-state index >= 15 is 0 Å². The van der Waals surface area contributed by atoms with Crippen molar-refractivity contribution in [2.24, 2.45) is 0 Å². The van der Waals surface area contributed by atoms with Gasteiger partial charge in [-0.3, -0.25) is 4.79 Å². The number of hydrogen-bond donors (Lipinski definition) is 1. The quantitative estimate of drug-likeness (QED) is 0.679. The number of aromatic nitrogens is 1. The fraction of sp³-hybridized carbons (Fsp3) is 0.238. The van der Waals surface area contributed by atoms with Gasteiger partial charge in [0.25, 0.3) is 0 Å². The second kappa shape index (κ2) is 7.88. The van der Waals surface area contributed by atoms with Gasteiger partial charge in [0.15, 0.2) is 11.5 Å². The second-order valence-corrected chi connectivity index (χ2v) is 7.32. The standard InChI is InChI=1S/C21H20N2O3S/c1-14(16-6-8-18-19(12-16)26-11-10-25-18)22-20(24)13-27-21-9-7-15-4-2-3-5-17(15)23-21/h2-9,12,14H,10-11,13H2,1H3,(H,22,24)/t14-/m1/s1. The van der Waals surface area contributed by atoms with Crippen LogP contribution in [-0.2, 0) is 4.79 Å². The first-order valence-corrected chi connectivity index (χ1v) is 9.85. The SMILES string of the molecule is C[C@@H](NC(=O)CSc1ccc2ccccc2n1)c1ccc2c(c1)OCCO2. The summed E-state index contributed by atoms with van der Waals surface area (Å²) in [6.07, 6.45) is 0. The van der Waals surface area contributed by atoms with Crippen LogP contribution in [0.1, 0.15) is 18.5 Å². The minimum Gasteiger partial charge on any atom is -0.486 e. The van der Waals surface area contributed by atoms with E-state index in [1.54, 1.807) is 0 Å². The van der Waals surface area contributed by atoms with Gasteiger partial charge in [0.2, 0.25) is 5.91 Å². The monoisotopic (exact) mass is 380 g/mol. The van der Waals surface area contributed by atoms with Crippen molar-refractivity contribution in [1.29, 1.82) is 0 Å². The number of hydrogen-bond acceptors (Lipinski definition) is 5. The molecule has 0 radical (unpaired) electrons. The van der Waals surface area contributed by atoms with Gasteiger partial charge in [-0.15, -0.1) is 0 Å². The molecule has 1 aromatic heterocycles. The van der Waals surface area contributed by atoms with Crippen molar-refractivity contribution in [3.8, 4) is 11.5 Å². The van der Waals surface area contributed by atoms with Gasteiger partial charge in [-0.25, -0.2) is 4.98 Å². The molecule has 3 aromatic rings. The number of pyridine rings is 1. The van der Waals surface area contributed by atoms with Gasteiger partial charge in [0.1, 0.15) is 13.2 Å². The molecule has 0 spiro atoms. The molecule has 2 heterocycles. The zero-order chi connectivity index (χ0) is 18.6. The third-order valence-corrected chi connectivity index (χ3v) is 5.30. The summed E-state index contributed by atoms with van der Waals surface area (Å²) >= 11 is 1.44. The van der Waals surface area contributed by atoms with Crippen LogP contribution in [0.25, 0.3) is 10.9 Å². The highest BCUT2D eigenvalue weighted by Gasteiger charge is 2.16. The highest BCUT2D eigenvalue weighted by molar-refractivity contribution is 7.99. The van der Waals surface area contributed by atoms with Crippen molar-refractivity contribution >= 4 is 28.6 Å². The van der Waals surface area contributed by atoms with Gasteiger partial charge in [-0.2, -0.15) is 0 Å². The van der Waals surface area contributed by atoms with E-state index in [4.69, 9.17) is 9.47 Å². The Hall–Kier alpha value is -2.73. The summed E-state index contributed by atoms with van der Waals surface area (Å²) in [4.78, 5) is 16.9. The van der Waals surface area contributed by atoms with Gasteiger partial charge < -0.3 is 14.8 Å². The molecule has 1 N–H and O–H groups in total. The van der Waals surface area contributed by atoms with Crippen LogP contribution < -0.4 is 14.8 Å². The van der Waals surface area contributed by atoms with Gasteiger partial charge in [-0.1, -0.05) is 42.1 Å². The number of fused-ring (bicyclic) bond motifs is 2. The first-order chi connectivity index (χ1) is 13.2. The number of carbonyl (C=O) groups is 1. The number of benzene rings is 2. The number of nitrogens with zero attached hydrogens (tertiary/aromatic N) is 1. The number of para-hydroxylation sites is 1. The Labute approximate surface area is 162 Å². The highest BCUT2D eigenvalue weighted by atomic mass is 32.2. The zero-order valence-electron chi connectivity index (χ0n) is 15.0. The fourth-order valence-electron chi connectivity index (χ4n) is 2.96. The molecule has 1 atom stereocenters. The molecule has 138 valence electrons. The molecule has 27 heavy (non-hydrogen) atoms. The van der Waals surface area contributed by atoms with Crippen LogP contribution in [0.15, 0.2) is 59.6 Å². The minimum absolute atomic E-state index is 0.0302. The van der Waals surface area contributed by atoms with Gasteiger partial charge in [0.05, 0.1) is 22.3 Å². The Morgan fingerprint density at radius 3 is 2.81 bits per heavy atom. The topological polar surface area (TPSA) is 60.5 Å². The van der Waals surface area contributed by atoms with Crippen molar-refractivity contribution in [3.63, 3.8) is 0 Å². The predicted octanol–water partition coefficient (Wildman–Crippen LogP) is 3.98. The zero-order valence-corrected chi connectivity index (χ0v) is 15.8. The maximum atomic E-state index is 12.3. The molecule has 0 unspecified atom stereocenters. The summed E-state index contributed by atoms with van der Waals surface area (Å²) in [6.45, 7) is 3.08. The van der Waals surface area contributed by atoms with Gasteiger partial charge in [-0.05, 0) is 36.8 Å². The van der Waals surface area contributed by atoms with Crippen LogP contribution in [0.5, 0.6) is 11.5 Å². The van der Waals surface area contributed by atoms with Crippen LogP contribution in [0.3, 0.4) is 0 Å². The smallest absolute Gasteiger partial charge is 0.230 e. The molecule has 1 aliphatic heterocycles. The molecule has 0 saturated heterocycles. The molecule has 5 nitrogen and oxygen atoms in total. The Balaban J connectivity index is 1.35. The molecule has 0 saturated carbocycles. The number of ether oxygens (including phenoxy) is 2. The van der Waals surface area contributed by atoms with Crippen LogP contribution in [0.2, 0.25) is 0 Å². The normalized spacial score (nSPS) is 14.0. The first kappa shape index (κ1) is 17.7. The Kier molecular flexibility index (Phi) is 5.16. The van der Waals surface area contributed by atoms with Crippen molar-refractivity contribution in [2.75, 3.05) is 19.0 Å². The summed E-state index contributed by atoms with van der Waals surface area (Å²) in [6, 6.07) is 17.6. The number of nitrogens with one attached hydrogen (secondary N) is 1. The first-order valence-electron chi connectivity index (χ1n) is 8.86. The van der Waals surface area contributed by atoms with E-state index in [2.05, 4.69) is 10.3 Å². The van der Waals surface area contributed by atoms with E-state index in [9.17, 15) is 4.79 Å². The molecule has 6 heteroatoms. The fourth-order valence-corrected chi connectivity index (χ4v) is 3.65. The minimum atomic E-state index is -0.113. The lowest BCUT2D eigenvalue weighted by molar-refractivity contribution is -0.119. The number of rotatable bonds is 5. The maximum Gasteiger partial charge on any atom is 0.230 e. The molecule has 0 bridgehead atoms. The van der Waals surface area contributed by atoms with Crippen LogP contribution >= 0.6 is 11.8 Å². The molecule has 1 aliphatic rings. The van der Waals surface area contributed by atoms with E-state index in [-0.39, 0.29) is 11.9 Å². The maximum absolute atomic E-state index is 12.3. The third kappa shape index (κ3) is 4.17. The molecular formula is C21H20N2O3S. The van der Waals surface area contributed by atoms with Gasteiger partial charge in [0, 0.05) is 5.39 Å². The molecule has 0 aliphatic carbocycles. The molecule has 1 amide bonds.